The highest BCUT2D eigenvalue weighted by Gasteiger charge is 2.35. The molecule has 1 aromatic rings. The van der Waals surface area contributed by atoms with Crippen LogP contribution < -0.4 is 5.32 Å². The van der Waals surface area contributed by atoms with Crippen LogP contribution in [0.15, 0.2) is 24.3 Å². The number of nitrogens with zero attached hydrogens (tertiary/aromatic N) is 2. The van der Waals surface area contributed by atoms with Crippen molar-refractivity contribution in [2.45, 2.75) is 37.8 Å². The molecule has 2 aliphatic rings. The second-order valence-electron chi connectivity index (χ2n) is 7.80. The molecule has 0 aromatic heterocycles. The summed E-state index contributed by atoms with van der Waals surface area (Å²) in [6, 6.07) is 6.42. The summed E-state index contributed by atoms with van der Waals surface area (Å²) >= 11 is 0. The summed E-state index contributed by atoms with van der Waals surface area (Å²) in [6.07, 6.45) is 4.10. The highest BCUT2D eigenvalue weighted by molar-refractivity contribution is 7.88. The lowest BCUT2D eigenvalue weighted by molar-refractivity contribution is -0.120. The van der Waals surface area contributed by atoms with Crippen molar-refractivity contribution in [3.05, 3.63) is 35.6 Å². The van der Waals surface area contributed by atoms with E-state index in [1.807, 2.05) is 0 Å². The number of benzene rings is 1. The van der Waals surface area contributed by atoms with Crippen molar-refractivity contribution in [2.24, 2.45) is 0 Å². The molecule has 2 fully saturated rings. The maximum absolute atomic E-state index is 13.0. The molecular formula is C20H30FN3O4S. The first-order valence-electron chi connectivity index (χ1n) is 10.1. The molecule has 3 rings (SSSR count). The van der Waals surface area contributed by atoms with Crippen LogP contribution in [0.3, 0.4) is 0 Å². The second kappa shape index (κ2) is 9.97. The monoisotopic (exact) mass is 427 g/mol. The molecule has 2 heterocycles. The van der Waals surface area contributed by atoms with E-state index in [2.05, 4.69) is 10.2 Å². The van der Waals surface area contributed by atoms with Gasteiger partial charge >= 0.3 is 0 Å². The van der Waals surface area contributed by atoms with Gasteiger partial charge in [0.1, 0.15) is 5.82 Å². The predicted molar refractivity (Wildman–Crippen MR) is 108 cm³/mol. The summed E-state index contributed by atoms with van der Waals surface area (Å²) < 4.78 is 43.8. The Bertz CT molecular complexity index is 781. The van der Waals surface area contributed by atoms with Crippen LogP contribution in [0.5, 0.6) is 0 Å². The van der Waals surface area contributed by atoms with E-state index in [4.69, 9.17) is 4.74 Å². The van der Waals surface area contributed by atoms with Crippen LogP contribution in [-0.4, -0.2) is 81.3 Å². The highest BCUT2D eigenvalue weighted by atomic mass is 32.2. The number of rotatable bonds is 8. The molecule has 1 N–H and O–H groups in total. The zero-order chi connectivity index (χ0) is 20.9. The van der Waals surface area contributed by atoms with Crippen LogP contribution in [0.4, 0.5) is 4.39 Å². The van der Waals surface area contributed by atoms with Crippen molar-refractivity contribution in [1.82, 2.24) is 14.5 Å². The molecule has 7 nitrogen and oxygen atoms in total. The Hall–Kier alpha value is -1.55. The maximum atomic E-state index is 13.0. The molecule has 1 amide bonds. The van der Waals surface area contributed by atoms with Gasteiger partial charge in [0.25, 0.3) is 0 Å². The quantitative estimate of drug-likeness (QED) is 0.670. The van der Waals surface area contributed by atoms with Gasteiger partial charge in [0, 0.05) is 51.5 Å². The molecule has 162 valence electrons. The summed E-state index contributed by atoms with van der Waals surface area (Å²) in [5, 5.41) is 2.94. The molecule has 0 radical (unpaired) electrons. The minimum atomic E-state index is -3.19. The van der Waals surface area contributed by atoms with Gasteiger partial charge in [-0.15, -0.1) is 0 Å². The first-order chi connectivity index (χ1) is 13.8. The Morgan fingerprint density at radius 2 is 1.90 bits per heavy atom. The summed E-state index contributed by atoms with van der Waals surface area (Å²) in [6.45, 7) is 3.62. The van der Waals surface area contributed by atoms with Gasteiger partial charge in [-0.3, -0.25) is 9.69 Å². The van der Waals surface area contributed by atoms with Gasteiger partial charge < -0.3 is 10.1 Å². The Labute approximate surface area is 172 Å². The van der Waals surface area contributed by atoms with Crippen LogP contribution in [-0.2, 0) is 26.0 Å². The minimum Gasteiger partial charge on any atom is -0.381 e. The van der Waals surface area contributed by atoms with Gasteiger partial charge in [0.05, 0.1) is 12.7 Å². The predicted octanol–water partition coefficient (Wildman–Crippen LogP) is 0.999. The lowest BCUT2D eigenvalue weighted by Gasteiger charge is -2.38. The fourth-order valence-electron chi connectivity index (χ4n) is 4.14. The number of amides is 1. The van der Waals surface area contributed by atoms with E-state index >= 15 is 0 Å². The topological polar surface area (TPSA) is 79.0 Å². The van der Waals surface area contributed by atoms with Crippen molar-refractivity contribution in [1.29, 1.82) is 0 Å². The van der Waals surface area contributed by atoms with Crippen molar-refractivity contribution in [3.63, 3.8) is 0 Å². The molecule has 1 unspecified atom stereocenters. The van der Waals surface area contributed by atoms with Crippen LogP contribution in [0.1, 0.15) is 24.8 Å². The summed E-state index contributed by atoms with van der Waals surface area (Å²) in [5.74, 6) is -0.423. The van der Waals surface area contributed by atoms with Crippen molar-refractivity contribution in [2.75, 3.05) is 45.6 Å². The number of sulfonamides is 1. The Morgan fingerprint density at radius 3 is 2.52 bits per heavy atom. The maximum Gasteiger partial charge on any atom is 0.224 e. The third-order valence-electron chi connectivity index (χ3n) is 5.69. The van der Waals surface area contributed by atoms with E-state index in [1.165, 1.54) is 22.7 Å². The summed E-state index contributed by atoms with van der Waals surface area (Å²) in [7, 11) is -3.19. The Morgan fingerprint density at radius 1 is 1.21 bits per heavy atom. The molecule has 2 aliphatic heterocycles. The number of hydrogen-bond acceptors (Lipinski definition) is 5. The van der Waals surface area contributed by atoms with Gasteiger partial charge in [-0.2, -0.15) is 0 Å². The summed E-state index contributed by atoms with van der Waals surface area (Å²) in [5.41, 5.74) is 0.768. The second-order valence-corrected chi connectivity index (χ2v) is 9.78. The van der Waals surface area contributed by atoms with Crippen LogP contribution in [0.2, 0.25) is 0 Å². The molecular weight excluding hydrogens is 397 g/mol. The molecule has 1 atom stereocenters. The molecule has 1 aromatic carbocycles. The highest BCUT2D eigenvalue weighted by Crippen LogP contribution is 2.24. The Balaban J connectivity index is 1.54. The number of halogens is 1. The number of hydrogen-bond donors (Lipinski definition) is 1. The van der Waals surface area contributed by atoms with Crippen LogP contribution >= 0.6 is 0 Å². The average Bonchev–Trinajstić information content (AvgIpc) is 3.18. The zero-order valence-electron chi connectivity index (χ0n) is 16.8. The van der Waals surface area contributed by atoms with Gasteiger partial charge in [-0.25, -0.2) is 17.1 Å². The lowest BCUT2D eigenvalue weighted by Crippen LogP contribution is -2.50. The summed E-state index contributed by atoms with van der Waals surface area (Å²) in [4.78, 5) is 14.6. The lowest BCUT2D eigenvalue weighted by atomic mass is 10.0. The van der Waals surface area contributed by atoms with Crippen LogP contribution in [0, 0.1) is 5.82 Å². The third kappa shape index (κ3) is 6.47. The molecule has 0 saturated carbocycles. The zero-order valence-corrected chi connectivity index (χ0v) is 17.7. The van der Waals surface area contributed by atoms with E-state index < -0.39 is 10.0 Å². The van der Waals surface area contributed by atoms with Gasteiger partial charge in [0.15, 0.2) is 0 Å². The first-order valence-corrected chi connectivity index (χ1v) is 12.0. The fourth-order valence-corrected chi connectivity index (χ4v) is 5.02. The van der Waals surface area contributed by atoms with Crippen molar-refractivity contribution >= 4 is 15.9 Å². The largest absolute Gasteiger partial charge is 0.381 e. The minimum absolute atomic E-state index is 0.104. The molecule has 29 heavy (non-hydrogen) atoms. The van der Waals surface area contributed by atoms with E-state index in [-0.39, 0.29) is 24.2 Å². The fraction of sp³-hybridized carbons (Fsp3) is 0.650. The smallest absolute Gasteiger partial charge is 0.224 e. The molecule has 2 saturated heterocycles. The molecule has 0 spiro atoms. The Kier molecular flexibility index (Phi) is 7.61. The number of carbonyl (C=O) groups is 1. The number of ether oxygens (including phenoxy) is 1. The first kappa shape index (κ1) is 22.1. The molecule has 9 heteroatoms. The van der Waals surface area contributed by atoms with Crippen LogP contribution in [0.25, 0.3) is 0 Å². The van der Waals surface area contributed by atoms with Crippen molar-refractivity contribution < 1.29 is 22.3 Å². The van der Waals surface area contributed by atoms with Gasteiger partial charge in [-0.05, 0) is 37.0 Å². The van der Waals surface area contributed by atoms with E-state index in [9.17, 15) is 17.6 Å². The number of nitrogens with one attached hydrogen (secondary N) is 1. The molecule has 0 bridgehead atoms. The molecule has 0 aliphatic carbocycles. The van der Waals surface area contributed by atoms with Gasteiger partial charge in [0.2, 0.25) is 15.9 Å². The van der Waals surface area contributed by atoms with E-state index in [0.29, 0.717) is 45.4 Å². The normalized spacial score (nSPS) is 21.6. The SMILES string of the molecule is CS(=O)(=O)N1CCC(N(CCNC(=O)Cc2ccc(F)cc2)C2CCOCC2)C1. The number of carbonyl (C=O) groups excluding carboxylic acids is 1. The van der Waals surface area contributed by atoms with E-state index in [1.54, 1.807) is 12.1 Å². The van der Waals surface area contributed by atoms with Gasteiger partial charge in [-0.1, -0.05) is 12.1 Å². The van der Waals surface area contributed by atoms with Crippen molar-refractivity contribution in [3.8, 4) is 0 Å². The average molecular weight is 428 g/mol. The standard InChI is InChI=1S/C20H30FN3O4S/c1-29(26,27)23-10-6-19(15-23)24(18-7-12-28-13-8-18)11-9-22-20(25)14-16-2-4-17(21)5-3-16/h2-5,18-19H,6-15H2,1H3,(H,22,25). The third-order valence-corrected chi connectivity index (χ3v) is 6.96. The van der Waals surface area contributed by atoms with E-state index in [0.717, 1.165) is 24.8 Å².